The molecule has 0 spiro atoms. The van der Waals surface area contributed by atoms with Gasteiger partial charge in [-0.15, -0.1) is 0 Å². The summed E-state index contributed by atoms with van der Waals surface area (Å²) in [6.07, 6.45) is 4.89. The molecule has 0 unspecified atom stereocenters. The van der Waals surface area contributed by atoms with Gasteiger partial charge < -0.3 is 4.74 Å². The lowest BCUT2D eigenvalue weighted by atomic mass is 9.82. The van der Waals surface area contributed by atoms with Gasteiger partial charge in [-0.1, -0.05) is 48.5 Å². The molecule has 0 saturated carbocycles. The van der Waals surface area contributed by atoms with Crippen molar-refractivity contribution in [3.63, 3.8) is 0 Å². The lowest BCUT2D eigenvalue weighted by molar-refractivity contribution is 0.130. The van der Waals surface area contributed by atoms with E-state index in [2.05, 4.69) is 76.2 Å². The van der Waals surface area contributed by atoms with Crippen LogP contribution in [0.4, 0.5) is 0 Å². The van der Waals surface area contributed by atoms with Crippen molar-refractivity contribution in [1.29, 1.82) is 0 Å². The minimum atomic E-state index is -0.215. The molecule has 0 aliphatic heterocycles. The molecule has 0 aromatic heterocycles. The molecule has 0 N–H and O–H groups in total. The predicted octanol–water partition coefficient (Wildman–Crippen LogP) is 6.87. The molecule has 1 aliphatic carbocycles. The van der Waals surface area contributed by atoms with Crippen LogP contribution < -0.4 is 4.74 Å². The highest BCUT2D eigenvalue weighted by Gasteiger charge is 2.25. The highest BCUT2D eigenvalue weighted by Crippen LogP contribution is 2.44. The Labute approximate surface area is 157 Å². The molecule has 0 saturated heterocycles. The summed E-state index contributed by atoms with van der Waals surface area (Å²) in [4.78, 5) is 0. The van der Waals surface area contributed by atoms with Crippen molar-refractivity contribution in [3.8, 4) is 16.9 Å². The van der Waals surface area contributed by atoms with Gasteiger partial charge >= 0.3 is 0 Å². The quantitative estimate of drug-likeness (QED) is 0.493. The summed E-state index contributed by atoms with van der Waals surface area (Å²) in [5, 5.41) is 2.60. The Morgan fingerprint density at radius 1 is 0.885 bits per heavy atom. The van der Waals surface area contributed by atoms with E-state index in [4.69, 9.17) is 4.74 Å². The highest BCUT2D eigenvalue weighted by atomic mass is 16.5. The van der Waals surface area contributed by atoms with Crippen molar-refractivity contribution < 1.29 is 4.74 Å². The molecule has 1 aliphatic rings. The fourth-order valence-corrected chi connectivity index (χ4v) is 4.20. The van der Waals surface area contributed by atoms with Crippen molar-refractivity contribution in [2.24, 2.45) is 0 Å². The predicted molar refractivity (Wildman–Crippen MR) is 111 cm³/mol. The van der Waals surface area contributed by atoms with E-state index in [0.29, 0.717) is 0 Å². The molecule has 1 nitrogen and oxygen atoms in total. The van der Waals surface area contributed by atoms with Crippen LogP contribution >= 0.6 is 0 Å². The second-order valence-electron chi connectivity index (χ2n) is 8.48. The summed E-state index contributed by atoms with van der Waals surface area (Å²) in [6.45, 7) is 8.61. The monoisotopic (exact) mass is 344 g/mol. The zero-order chi connectivity index (χ0) is 18.3. The second-order valence-corrected chi connectivity index (χ2v) is 8.48. The van der Waals surface area contributed by atoms with Crippen LogP contribution in [0.3, 0.4) is 0 Å². The minimum absolute atomic E-state index is 0.215. The van der Waals surface area contributed by atoms with E-state index in [0.717, 1.165) is 12.2 Å². The van der Waals surface area contributed by atoms with Gasteiger partial charge in [-0.05, 0) is 86.4 Å². The van der Waals surface area contributed by atoms with Gasteiger partial charge in [-0.3, -0.25) is 0 Å². The number of hydrogen-bond donors (Lipinski definition) is 0. The van der Waals surface area contributed by atoms with Crippen LogP contribution in [-0.4, -0.2) is 5.60 Å². The summed E-state index contributed by atoms with van der Waals surface area (Å²) in [7, 11) is 0. The Morgan fingerprint density at radius 2 is 1.62 bits per heavy atom. The van der Waals surface area contributed by atoms with E-state index >= 15 is 0 Å². The molecule has 4 rings (SSSR count). The first-order valence-electron chi connectivity index (χ1n) is 9.76. The van der Waals surface area contributed by atoms with Crippen LogP contribution in [0.2, 0.25) is 0 Å². The number of fused-ring (bicyclic) bond motifs is 2. The molecular formula is C25H28O. The SMILES string of the molecule is Cc1cc2c(c(-c3cccc4ccccc34)c1OC(C)(C)C)CCCC2. The number of ether oxygens (including phenoxy) is 1. The molecular weight excluding hydrogens is 316 g/mol. The van der Waals surface area contributed by atoms with Crippen LogP contribution in [0.15, 0.2) is 48.5 Å². The van der Waals surface area contributed by atoms with E-state index < -0.39 is 0 Å². The molecule has 0 heterocycles. The zero-order valence-corrected chi connectivity index (χ0v) is 16.4. The van der Waals surface area contributed by atoms with Gasteiger partial charge in [0.1, 0.15) is 11.4 Å². The Hall–Kier alpha value is -2.28. The average molecular weight is 344 g/mol. The molecule has 0 amide bonds. The molecule has 3 aromatic carbocycles. The van der Waals surface area contributed by atoms with Crippen LogP contribution in [0.1, 0.15) is 50.3 Å². The Kier molecular flexibility index (Phi) is 4.26. The van der Waals surface area contributed by atoms with Gasteiger partial charge in [0.15, 0.2) is 0 Å². The smallest absolute Gasteiger partial charge is 0.131 e. The van der Waals surface area contributed by atoms with Crippen LogP contribution in [-0.2, 0) is 12.8 Å². The number of aryl methyl sites for hydroxylation is 2. The Balaban J connectivity index is 2.06. The maximum atomic E-state index is 6.53. The fourth-order valence-electron chi connectivity index (χ4n) is 4.20. The topological polar surface area (TPSA) is 9.23 Å². The Bertz CT molecular complexity index is 955. The first-order chi connectivity index (χ1) is 12.4. The van der Waals surface area contributed by atoms with Gasteiger partial charge in [-0.25, -0.2) is 0 Å². The lowest BCUT2D eigenvalue weighted by Crippen LogP contribution is -2.24. The van der Waals surface area contributed by atoms with E-state index in [1.165, 1.54) is 57.9 Å². The standard InChI is InChI=1S/C25H28O/c1-17-16-19-11-6-8-14-21(19)23(24(17)26-25(2,3)4)22-15-9-12-18-10-5-7-13-20(18)22/h5,7,9-10,12-13,15-16H,6,8,11,14H2,1-4H3. The summed E-state index contributed by atoms with van der Waals surface area (Å²) in [5.41, 5.74) is 6.68. The van der Waals surface area contributed by atoms with Crippen LogP contribution in [0.25, 0.3) is 21.9 Å². The highest BCUT2D eigenvalue weighted by molar-refractivity contribution is 5.99. The third kappa shape index (κ3) is 3.11. The normalized spacial score (nSPS) is 14.3. The van der Waals surface area contributed by atoms with Crippen LogP contribution in [0.5, 0.6) is 5.75 Å². The van der Waals surface area contributed by atoms with Crippen molar-refractivity contribution in [1.82, 2.24) is 0 Å². The third-order valence-corrected chi connectivity index (χ3v) is 5.26. The van der Waals surface area contributed by atoms with Gasteiger partial charge in [-0.2, -0.15) is 0 Å². The van der Waals surface area contributed by atoms with Gasteiger partial charge in [0, 0.05) is 5.56 Å². The number of benzene rings is 3. The van der Waals surface area contributed by atoms with Crippen molar-refractivity contribution in [2.75, 3.05) is 0 Å². The largest absolute Gasteiger partial charge is 0.487 e. The zero-order valence-electron chi connectivity index (χ0n) is 16.4. The molecule has 0 fully saturated rings. The second kappa shape index (κ2) is 6.46. The van der Waals surface area contributed by atoms with E-state index in [9.17, 15) is 0 Å². The van der Waals surface area contributed by atoms with Crippen molar-refractivity contribution in [3.05, 3.63) is 65.2 Å². The minimum Gasteiger partial charge on any atom is -0.487 e. The summed E-state index contributed by atoms with van der Waals surface area (Å²) in [6, 6.07) is 17.7. The summed E-state index contributed by atoms with van der Waals surface area (Å²) >= 11 is 0. The third-order valence-electron chi connectivity index (χ3n) is 5.26. The summed E-state index contributed by atoms with van der Waals surface area (Å²) in [5.74, 6) is 1.06. The molecule has 0 atom stereocenters. The van der Waals surface area contributed by atoms with E-state index in [-0.39, 0.29) is 5.60 Å². The van der Waals surface area contributed by atoms with Crippen LogP contribution in [0, 0.1) is 6.92 Å². The van der Waals surface area contributed by atoms with Crippen molar-refractivity contribution in [2.45, 2.75) is 59.0 Å². The average Bonchev–Trinajstić information content (AvgIpc) is 2.61. The molecule has 26 heavy (non-hydrogen) atoms. The molecule has 134 valence electrons. The molecule has 0 radical (unpaired) electrons. The van der Waals surface area contributed by atoms with Gasteiger partial charge in [0.25, 0.3) is 0 Å². The number of rotatable bonds is 2. The van der Waals surface area contributed by atoms with Gasteiger partial charge in [0.2, 0.25) is 0 Å². The lowest BCUT2D eigenvalue weighted by Gasteiger charge is -2.29. The first kappa shape index (κ1) is 17.1. The fraction of sp³-hybridized carbons (Fsp3) is 0.360. The maximum absolute atomic E-state index is 6.53. The Morgan fingerprint density at radius 3 is 2.42 bits per heavy atom. The molecule has 1 heteroatoms. The summed E-state index contributed by atoms with van der Waals surface area (Å²) < 4.78 is 6.53. The first-order valence-corrected chi connectivity index (χ1v) is 9.76. The van der Waals surface area contributed by atoms with Gasteiger partial charge in [0.05, 0.1) is 0 Å². The van der Waals surface area contributed by atoms with Crippen molar-refractivity contribution >= 4 is 10.8 Å². The number of hydrogen-bond acceptors (Lipinski definition) is 1. The van der Waals surface area contributed by atoms with E-state index in [1.54, 1.807) is 0 Å². The molecule has 0 bridgehead atoms. The maximum Gasteiger partial charge on any atom is 0.131 e. The van der Waals surface area contributed by atoms with E-state index in [1.807, 2.05) is 0 Å². The molecule has 3 aromatic rings.